The van der Waals surface area contributed by atoms with Crippen LogP contribution < -0.4 is 5.32 Å². The highest BCUT2D eigenvalue weighted by Gasteiger charge is 2.37. The van der Waals surface area contributed by atoms with Crippen molar-refractivity contribution in [2.75, 3.05) is 6.54 Å². The number of carbonyl (C=O) groups excluding carboxylic acids is 3. The molecule has 0 atom stereocenters. The molecule has 0 radical (unpaired) electrons. The average molecular weight is 325 g/mol. The van der Waals surface area contributed by atoms with E-state index >= 15 is 0 Å². The first-order chi connectivity index (χ1) is 11.5. The lowest BCUT2D eigenvalue weighted by Gasteiger charge is -2.22. The van der Waals surface area contributed by atoms with Crippen molar-refractivity contribution in [2.45, 2.75) is 44.6 Å². The molecule has 3 rings (SSSR count). The fourth-order valence-electron chi connectivity index (χ4n) is 3.39. The smallest absolute Gasteiger partial charge is 0.261 e. The molecule has 1 heterocycles. The van der Waals surface area contributed by atoms with Crippen LogP contribution in [0.5, 0.6) is 0 Å². The quantitative estimate of drug-likeness (QED) is 0.857. The number of imide groups is 1. The Labute approximate surface area is 140 Å². The predicted molar refractivity (Wildman–Crippen MR) is 86.1 cm³/mol. The number of benzene rings is 1. The van der Waals surface area contributed by atoms with Crippen molar-refractivity contribution >= 4 is 17.7 Å². The number of nitrogens with zero attached hydrogens (tertiary/aromatic N) is 2. The number of fused-ring (bicyclic) bond motifs is 1. The Morgan fingerprint density at radius 3 is 2.58 bits per heavy atom. The summed E-state index contributed by atoms with van der Waals surface area (Å²) in [6.07, 6.45) is 3.16. The SMILES string of the molecule is Cc1ccc2c(c1)C(=O)N(CCC(=O)NC1(C#N)CCCC1)C2=O. The zero-order chi connectivity index (χ0) is 17.3. The maximum absolute atomic E-state index is 12.4. The van der Waals surface area contributed by atoms with Crippen molar-refractivity contribution in [3.8, 4) is 6.07 Å². The summed E-state index contributed by atoms with van der Waals surface area (Å²) in [5.74, 6) is -1.02. The fourth-order valence-corrected chi connectivity index (χ4v) is 3.39. The van der Waals surface area contributed by atoms with Gasteiger partial charge in [0.25, 0.3) is 11.8 Å². The first-order valence-corrected chi connectivity index (χ1v) is 8.15. The van der Waals surface area contributed by atoms with E-state index in [2.05, 4.69) is 11.4 Å². The highest BCUT2D eigenvalue weighted by Crippen LogP contribution is 2.29. The molecule has 6 heteroatoms. The molecule has 0 aromatic heterocycles. The molecule has 1 aliphatic heterocycles. The molecule has 1 aromatic carbocycles. The van der Waals surface area contributed by atoms with E-state index in [1.54, 1.807) is 18.2 Å². The zero-order valence-electron chi connectivity index (χ0n) is 13.6. The second-order valence-corrected chi connectivity index (χ2v) is 6.51. The summed E-state index contributed by atoms with van der Waals surface area (Å²) >= 11 is 0. The van der Waals surface area contributed by atoms with Crippen LogP contribution in [0.4, 0.5) is 0 Å². The van der Waals surface area contributed by atoms with Crippen LogP contribution in [-0.2, 0) is 4.79 Å². The van der Waals surface area contributed by atoms with Gasteiger partial charge in [-0.3, -0.25) is 19.3 Å². The highest BCUT2D eigenvalue weighted by atomic mass is 16.2. The molecule has 0 unspecified atom stereocenters. The molecule has 24 heavy (non-hydrogen) atoms. The van der Waals surface area contributed by atoms with Crippen LogP contribution in [0.15, 0.2) is 18.2 Å². The normalized spacial score (nSPS) is 18.4. The van der Waals surface area contributed by atoms with Crippen molar-refractivity contribution in [1.29, 1.82) is 5.26 Å². The Morgan fingerprint density at radius 1 is 1.25 bits per heavy atom. The Morgan fingerprint density at radius 2 is 1.92 bits per heavy atom. The molecule has 3 amide bonds. The van der Waals surface area contributed by atoms with Gasteiger partial charge in [0.1, 0.15) is 5.54 Å². The number of nitriles is 1. The highest BCUT2D eigenvalue weighted by molar-refractivity contribution is 6.21. The van der Waals surface area contributed by atoms with E-state index in [9.17, 15) is 19.6 Å². The number of hydrogen-bond donors (Lipinski definition) is 1. The number of hydrogen-bond acceptors (Lipinski definition) is 4. The van der Waals surface area contributed by atoms with Crippen LogP contribution >= 0.6 is 0 Å². The molecule has 6 nitrogen and oxygen atoms in total. The lowest BCUT2D eigenvalue weighted by Crippen LogP contribution is -2.46. The Hall–Kier alpha value is -2.68. The number of amides is 3. The van der Waals surface area contributed by atoms with Crippen molar-refractivity contribution in [3.05, 3.63) is 34.9 Å². The average Bonchev–Trinajstić information content (AvgIpc) is 3.11. The molecule has 1 saturated carbocycles. The van der Waals surface area contributed by atoms with Gasteiger partial charge < -0.3 is 5.32 Å². The predicted octanol–water partition coefficient (Wildman–Crippen LogP) is 1.93. The van der Waals surface area contributed by atoms with Gasteiger partial charge in [-0.1, -0.05) is 11.6 Å². The van der Waals surface area contributed by atoms with Crippen molar-refractivity contribution in [2.24, 2.45) is 0 Å². The fraction of sp³-hybridized carbons (Fsp3) is 0.444. The van der Waals surface area contributed by atoms with Crippen molar-refractivity contribution < 1.29 is 14.4 Å². The van der Waals surface area contributed by atoms with Gasteiger partial charge in [0, 0.05) is 13.0 Å². The molecular weight excluding hydrogens is 306 g/mol. The molecule has 1 aliphatic carbocycles. The monoisotopic (exact) mass is 325 g/mol. The van der Waals surface area contributed by atoms with Crippen LogP contribution in [0.25, 0.3) is 0 Å². The maximum atomic E-state index is 12.4. The number of rotatable bonds is 4. The lowest BCUT2D eigenvalue weighted by atomic mass is 10.00. The van der Waals surface area contributed by atoms with E-state index in [-0.39, 0.29) is 30.7 Å². The van der Waals surface area contributed by atoms with E-state index in [4.69, 9.17) is 0 Å². The molecule has 1 fully saturated rings. The van der Waals surface area contributed by atoms with Gasteiger partial charge in [-0.05, 0) is 44.7 Å². The minimum Gasteiger partial charge on any atom is -0.338 e. The van der Waals surface area contributed by atoms with Crippen LogP contribution in [0.1, 0.15) is 58.4 Å². The standard InChI is InChI=1S/C18H19N3O3/c1-12-4-5-13-14(10-12)17(24)21(16(13)23)9-6-15(22)20-18(11-19)7-2-3-8-18/h4-5,10H,2-3,6-9H2,1H3,(H,20,22). The van der Waals surface area contributed by atoms with E-state index < -0.39 is 5.54 Å². The second kappa shape index (κ2) is 6.08. The summed E-state index contributed by atoms with van der Waals surface area (Å²) in [7, 11) is 0. The number of nitrogens with one attached hydrogen (secondary N) is 1. The minimum atomic E-state index is -0.782. The van der Waals surface area contributed by atoms with Crippen LogP contribution in [0, 0.1) is 18.3 Å². The summed E-state index contributed by atoms with van der Waals surface area (Å²) in [5, 5.41) is 12.1. The first-order valence-electron chi connectivity index (χ1n) is 8.15. The second-order valence-electron chi connectivity index (χ2n) is 6.51. The topological polar surface area (TPSA) is 90.3 Å². The third-order valence-corrected chi connectivity index (χ3v) is 4.74. The molecule has 2 aliphatic rings. The summed E-state index contributed by atoms with van der Waals surface area (Å²) < 4.78 is 0. The van der Waals surface area contributed by atoms with Gasteiger partial charge in [-0.2, -0.15) is 5.26 Å². The number of carbonyl (C=O) groups is 3. The maximum Gasteiger partial charge on any atom is 0.261 e. The van der Waals surface area contributed by atoms with Gasteiger partial charge in [-0.25, -0.2) is 0 Å². The summed E-state index contributed by atoms with van der Waals surface area (Å²) in [5.41, 5.74) is 0.905. The van der Waals surface area contributed by atoms with Crippen LogP contribution in [0.3, 0.4) is 0 Å². The lowest BCUT2D eigenvalue weighted by molar-refractivity contribution is -0.122. The molecule has 1 N–H and O–H groups in total. The van der Waals surface area contributed by atoms with Gasteiger partial charge in [0.15, 0.2) is 0 Å². The van der Waals surface area contributed by atoms with Crippen LogP contribution in [0.2, 0.25) is 0 Å². The van der Waals surface area contributed by atoms with Crippen LogP contribution in [-0.4, -0.2) is 34.7 Å². The summed E-state index contributed by atoms with van der Waals surface area (Å²) in [4.78, 5) is 37.9. The van der Waals surface area contributed by atoms with E-state index in [0.29, 0.717) is 24.0 Å². The number of aryl methyl sites for hydroxylation is 1. The molecule has 1 aromatic rings. The molecule has 0 spiro atoms. The zero-order valence-corrected chi connectivity index (χ0v) is 13.6. The summed E-state index contributed by atoms with van der Waals surface area (Å²) in [6, 6.07) is 7.32. The molecular formula is C18H19N3O3. The minimum absolute atomic E-state index is 0.00782. The molecule has 0 bridgehead atoms. The molecule has 0 saturated heterocycles. The third-order valence-electron chi connectivity index (χ3n) is 4.74. The van der Waals surface area contributed by atoms with Crippen molar-refractivity contribution in [1.82, 2.24) is 10.2 Å². The molecule has 124 valence electrons. The Balaban J connectivity index is 1.63. The Bertz CT molecular complexity index is 757. The van der Waals surface area contributed by atoms with Gasteiger partial charge in [0.2, 0.25) is 5.91 Å². The van der Waals surface area contributed by atoms with E-state index in [1.165, 1.54) is 0 Å². The van der Waals surface area contributed by atoms with E-state index in [1.807, 2.05) is 6.92 Å². The van der Waals surface area contributed by atoms with E-state index in [0.717, 1.165) is 23.3 Å². The first kappa shape index (κ1) is 16.2. The summed E-state index contributed by atoms with van der Waals surface area (Å²) in [6.45, 7) is 1.88. The van der Waals surface area contributed by atoms with Gasteiger partial charge in [-0.15, -0.1) is 0 Å². The van der Waals surface area contributed by atoms with Crippen molar-refractivity contribution in [3.63, 3.8) is 0 Å². The third kappa shape index (κ3) is 2.78. The van der Waals surface area contributed by atoms with Gasteiger partial charge in [0.05, 0.1) is 17.2 Å². The largest absolute Gasteiger partial charge is 0.338 e. The van der Waals surface area contributed by atoms with Gasteiger partial charge >= 0.3 is 0 Å². The Kier molecular flexibility index (Phi) is 4.10.